The lowest BCUT2D eigenvalue weighted by Gasteiger charge is -2.10. The summed E-state index contributed by atoms with van der Waals surface area (Å²) in [5.41, 5.74) is 0.804. The second-order valence-corrected chi connectivity index (χ2v) is 7.11. The van der Waals surface area contributed by atoms with Gasteiger partial charge in [-0.3, -0.25) is 10.3 Å². The smallest absolute Gasteiger partial charge is 0.409 e. The summed E-state index contributed by atoms with van der Waals surface area (Å²) >= 11 is 2.92. The van der Waals surface area contributed by atoms with Crippen molar-refractivity contribution in [1.82, 2.24) is 4.98 Å². The summed E-state index contributed by atoms with van der Waals surface area (Å²) in [5, 5.41) is 12.7. The number of anilines is 1. The molecule has 2 heterocycles. The van der Waals surface area contributed by atoms with E-state index in [-0.39, 0.29) is 0 Å². The Bertz CT molecular complexity index is 895. The first-order valence-electron chi connectivity index (χ1n) is 6.89. The van der Waals surface area contributed by atoms with Gasteiger partial charge in [-0.2, -0.15) is 0 Å². The molecule has 24 heavy (non-hydrogen) atoms. The summed E-state index contributed by atoms with van der Waals surface area (Å²) < 4.78 is 11.6. The zero-order valence-corrected chi connectivity index (χ0v) is 14.5. The Labute approximate surface area is 146 Å². The molecule has 0 bridgehead atoms. The molecule has 2 aromatic heterocycles. The van der Waals surface area contributed by atoms with E-state index in [4.69, 9.17) is 14.6 Å². The summed E-state index contributed by atoms with van der Waals surface area (Å²) in [6.45, 7) is 0. The molecule has 0 aliphatic rings. The Kier molecular flexibility index (Phi) is 4.77. The fraction of sp³-hybridized carbons (Fsp3) is 0.125. The number of aromatic nitrogens is 1. The van der Waals surface area contributed by atoms with E-state index in [0.29, 0.717) is 16.5 Å². The number of ether oxygens (including phenoxy) is 2. The Morgan fingerprint density at radius 1 is 1.21 bits per heavy atom. The molecule has 3 rings (SSSR count). The van der Waals surface area contributed by atoms with Crippen LogP contribution in [0.25, 0.3) is 10.9 Å². The molecule has 0 unspecified atom stereocenters. The van der Waals surface area contributed by atoms with Crippen LogP contribution in [0.2, 0.25) is 0 Å². The molecular weight excluding hydrogens is 348 g/mol. The molecule has 124 valence electrons. The number of carbonyl (C=O) groups is 1. The van der Waals surface area contributed by atoms with Gasteiger partial charge in [0.1, 0.15) is 0 Å². The molecule has 0 saturated carbocycles. The minimum atomic E-state index is -1.07. The molecule has 8 heteroatoms. The summed E-state index contributed by atoms with van der Waals surface area (Å²) in [6.07, 6.45) is 0.667. The second kappa shape index (κ2) is 6.98. The second-order valence-electron chi connectivity index (χ2n) is 4.68. The van der Waals surface area contributed by atoms with E-state index in [0.717, 1.165) is 20.0 Å². The topological polar surface area (TPSA) is 80.7 Å². The van der Waals surface area contributed by atoms with Gasteiger partial charge < -0.3 is 14.6 Å². The lowest BCUT2D eigenvalue weighted by molar-refractivity contribution is 0.210. The summed E-state index contributed by atoms with van der Waals surface area (Å²) in [7, 11) is 3.18. The maximum atomic E-state index is 10.7. The Hall–Kier alpha value is -2.45. The SMILES string of the molecule is COc1cc2nccc(Sc3ccc(NC(=O)O)s3)c2cc1OC. The fourth-order valence-electron chi connectivity index (χ4n) is 2.19. The Morgan fingerprint density at radius 2 is 1.96 bits per heavy atom. The van der Waals surface area contributed by atoms with Crippen LogP contribution in [0.1, 0.15) is 0 Å². The van der Waals surface area contributed by atoms with Gasteiger partial charge in [0.25, 0.3) is 0 Å². The van der Waals surface area contributed by atoms with Crippen LogP contribution in [-0.2, 0) is 0 Å². The van der Waals surface area contributed by atoms with Crippen molar-refractivity contribution in [2.24, 2.45) is 0 Å². The normalized spacial score (nSPS) is 10.6. The monoisotopic (exact) mass is 362 g/mol. The van der Waals surface area contributed by atoms with Crippen LogP contribution in [0.15, 0.2) is 45.6 Å². The van der Waals surface area contributed by atoms with Gasteiger partial charge in [-0.25, -0.2) is 4.79 Å². The van der Waals surface area contributed by atoms with Crippen molar-refractivity contribution < 1.29 is 19.4 Å². The molecule has 3 aromatic rings. The average molecular weight is 362 g/mol. The molecular formula is C16H14N2O4S2. The minimum Gasteiger partial charge on any atom is -0.493 e. The van der Waals surface area contributed by atoms with Crippen molar-refractivity contribution in [3.8, 4) is 11.5 Å². The van der Waals surface area contributed by atoms with E-state index in [9.17, 15) is 4.79 Å². The van der Waals surface area contributed by atoms with E-state index < -0.39 is 6.09 Å². The van der Waals surface area contributed by atoms with E-state index in [1.54, 1.807) is 38.2 Å². The van der Waals surface area contributed by atoms with Crippen LogP contribution in [0.5, 0.6) is 11.5 Å². The van der Waals surface area contributed by atoms with E-state index >= 15 is 0 Å². The maximum Gasteiger partial charge on any atom is 0.409 e. The molecule has 0 aliphatic heterocycles. The first kappa shape index (κ1) is 16.4. The molecule has 0 saturated heterocycles. The molecule has 0 spiro atoms. The standard InChI is InChI=1S/C16H14N2O4S2/c1-21-11-7-9-10(8-12(11)22-2)17-6-5-13(9)23-15-4-3-14(24-15)18-16(19)20/h3-8,18H,1-2H3,(H,19,20). The number of benzene rings is 1. The van der Waals surface area contributed by atoms with E-state index in [1.807, 2.05) is 24.3 Å². The zero-order valence-electron chi connectivity index (χ0n) is 12.9. The molecule has 0 aliphatic carbocycles. The zero-order chi connectivity index (χ0) is 17.1. The van der Waals surface area contributed by atoms with Crippen LogP contribution in [0, 0.1) is 0 Å². The van der Waals surface area contributed by atoms with Crippen molar-refractivity contribution in [2.45, 2.75) is 9.10 Å². The quantitative estimate of drug-likeness (QED) is 0.693. The Balaban J connectivity index is 1.97. The van der Waals surface area contributed by atoms with Crippen molar-refractivity contribution in [1.29, 1.82) is 0 Å². The van der Waals surface area contributed by atoms with Gasteiger partial charge >= 0.3 is 6.09 Å². The number of pyridine rings is 1. The average Bonchev–Trinajstić information content (AvgIpc) is 3.00. The fourth-order valence-corrected chi connectivity index (χ4v) is 4.28. The highest BCUT2D eigenvalue weighted by atomic mass is 32.2. The number of rotatable bonds is 5. The molecule has 0 atom stereocenters. The first-order chi connectivity index (χ1) is 11.6. The molecule has 6 nitrogen and oxygen atoms in total. The van der Waals surface area contributed by atoms with Gasteiger partial charge in [-0.15, -0.1) is 11.3 Å². The minimum absolute atomic E-state index is 0.586. The number of thiophene rings is 1. The van der Waals surface area contributed by atoms with Crippen LogP contribution in [0.4, 0.5) is 9.80 Å². The van der Waals surface area contributed by atoms with E-state index in [2.05, 4.69) is 10.3 Å². The third-order valence-corrected chi connectivity index (χ3v) is 5.44. The molecule has 2 N–H and O–H groups in total. The lowest BCUT2D eigenvalue weighted by atomic mass is 10.2. The van der Waals surface area contributed by atoms with Crippen LogP contribution in [-0.4, -0.2) is 30.4 Å². The number of hydrogen-bond acceptors (Lipinski definition) is 6. The van der Waals surface area contributed by atoms with Crippen LogP contribution < -0.4 is 14.8 Å². The van der Waals surface area contributed by atoms with Crippen molar-refractivity contribution >= 4 is 45.1 Å². The van der Waals surface area contributed by atoms with Crippen LogP contribution in [0.3, 0.4) is 0 Å². The largest absolute Gasteiger partial charge is 0.493 e. The summed E-state index contributed by atoms with van der Waals surface area (Å²) in [6, 6.07) is 9.28. The molecule has 1 aromatic carbocycles. The maximum absolute atomic E-state index is 10.7. The van der Waals surface area contributed by atoms with Crippen LogP contribution >= 0.6 is 23.1 Å². The molecule has 0 fully saturated rings. The number of carboxylic acid groups (broad SMARTS) is 1. The number of hydrogen-bond donors (Lipinski definition) is 2. The molecule has 0 radical (unpaired) electrons. The van der Waals surface area contributed by atoms with Gasteiger partial charge in [0.15, 0.2) is 11.5 Å². The van der Waals surface area contributed by atoms with Crippen molar-refractivity contribution in [2.75, 3.05) is 19.5 Å². The van der Waals surface area contributed by atoms with Gasteiger partial charge in [0.05, 0.1) is 28.9 Å². The first-order valence-corrected chi connectivity index (χ1v) is 8.52. The predicted molar refractivity (Wildman–Crippen MR) is 94.9 cm³/mol. The number of nitrogens with zero attached hydrogens (tertiary/aromatic N) is 1. The number of amides is 1. The Morgan fingerprint density at radius 3 is 2.67 bits per heavy atom. The van der Waals surface area contributed by atoms with Gasteiger partial charge in [0, 0.05) is 22.5 Å². The van der Waals surface area contributed by atoms with Crippen molar-refractivity contribution in [3.63, 3.8) is 0 Å². The highest BCUT2D eigenvalue weighted by Gasteiger charge is 2.12. The third-order valence-electron chi connectivity index (χ3n) is 3.23. The molecule has 1 amide bonds. The number of methoxy groups -OCH3 is 2. The lowest BCUT2D eigenvalue weighted by Crippen LogP contribution is -2.04. The van der Waals surface area contributed by atoms with Crippen molar-refractivity contribution in [3.05, 3.63) is 36.5 Å². The number of fused-ring (bicyclic) bond motifs is 1. The van der Waals surface area contributed by atoms with Gasteiger partial charge in [-0.1, -0.05) is 11.8 Å². The highest BCUT2D eigenvalue weighted by molar-refractivity contribution is 8.01. The number of nitrogens with one attached hydrogen (secondary N) is 1. The highest BCUT2D eigenvalue weighted by Crippen LogP contribution is 2.41. The third kappa shape index (κ3) is 3.39. The van der Waals surface area contributed by atoms with Gasteiger partial charge in [0.2, 0.25) is 0 Å². The van der Waals surface area contributed by atoms with Gasteiger partial charge in [-0.05, 0) is 24.3 Å². The summed E-state index contributed by atoms with van der Waals surface area (Å²) in [5.74, 6) is 1.27. The summed E-state index contributed by atoms with van der Waals surface area (Å²) in [4.78, 5) is 16.1. The van der Waals surface area contributed by atoms with E-state index in [1.165, 1.54) is 11.3 Å². The predicted octanol–water partition coefficient (Wildman–Crippen LogP) is 4.55.